The molecule has 0 amide bonds. The molecule has 0 aromatic carbocycles. The van der Waals surface area contributed by atoms with Crippen LogP contribution in [0.2, 0.25) is 0 Å². The van der Waals surface area contributed by atoms with E-state index in [9.17, 15) is 18.3 Å². The Bertz CT molecular complexity index is 742. The monoisotopic (exact) mass is 295 g/mol. The molecule has 1 aliphatic carbocycles. The quantitative estimate of drug-likeness (QED) is 0.920. The Morgan fingerprint density at radius 1 is 1.33 bits per heavy atom. The molecule has 1 N–H and O–H groups in total. The fraction of sp³-hybridized carbons (Fsp3) is 0.154. The van der Waals surface area contributed by atoms with Crippen LogP contribution in [0.15, 0.2) is 52.5 Å². The topological polar surface area (TPSA) is 72.0 Å². The van der Waals surface area contributed by atoms with Crippen LogP contribution in [0.5, 0.6) is 0 Å². The molecule has 1 unspecified atom stereocenters. The van der Waals surface area contributed by atoms with Crippen molar-refractivity contribution in [2.24, 2.45) is 0 Å². The van der Waals surface area contributed by atoms with Crippen LogP contribution >= 0.6 is 0 Å². The molecule has 21 heavy (non-hydrogen) atoms. The van der Waals surface area contributed by atoms with Crippen LogP contribution in [0, 0.1) is 0 Å². The third-order valence-corrected chi connectivity index (χ3v) is 2.94. The van der Waals surface area contributed by atoms with E-state index in [1.165, 1.54) is 12.4 Å². The molecule has 2 aromatic rings. The first-order valence-corrected chi connectivity index (χ1v) is 5.89. The highest BCUT2D eigenvalue weighted by molar-refractivity contribution is 5.52. The summed E-state index contributed by atoms with van der Waals surface area (Å²) in [5.74, 6) is -4.56. The molecule has 3 rings (SSSR count). The van der Waals surface area contributed by atoms with Gasteiger partial charge in [-0.05, 0) is 12.1 Å². The van der Waals surface area contributed by atoms with Gasteiger partial charge in [0.25, 0.3) is 5.89 Å². The van der Waals surface area contributed by atoms with Crippen LogP contribution in [0.1, 0.15) is 12.3 Å². The third kappa shape index (κ3) is 2.28. The molecule has 2 heterocycles. The largest absolute Gasteiger partial charge is 0.505 e. The highest BCUT2D eigenvalue weighted by Crippen LogP contribution is 2.41. The number of halogens is 3. The van der Waals surface area contributed by atoms with E-state index in [1.54, 1.807) is 12.1 Å². The van der Waals surface area contributed by atoms with Gasteiger partial charge in [-0.2, -0.15) is 4.98 Å². The summed E-state index contributed by atoms with van der Waals surface area (Å²) in [6.07, 6.45) is 2.52. The van der Waals surface area contributed by atoms with Gasteiger partial charge >= 0.3 is 0 Å². The molecule has 0 saturated heterocycles. The summed E-state index contributed by atoms with van der Waals surface area (Å²) >= 11 is 0. The van der Waals surface area contributed by atoms with E-state index in [0.717, 1.165) is 0 Å². The maximum absolute atomic E-state index is 14.6. The summed E-state index contributed by atoms with van der Waals surface area (Å²) in [6, 6.07) is 3.25. The summed E-state index contributed by atoms with van der Waals surface area (Å²) in [4.78, 5) is 7.66. The Hall–Kier alpha value is -2.64. The number of pyridine rings is 1. The number of aliphatic hydroxyl groups is 1. The number of allylic oxidation sites excluding steroid dienone is 3. The van der Waals surface area contributed by atoms with E-state index in [-0.39, 0.29) is 5.82 Å². The van der Waals surface area contributed by atoms with Gasteiger partial charge in [-0.15, -0.1) is 0 Å². The third-order valence-electron chi connectivity index (χ3n) is 2.94. The van der Waals surface area contributed by atoms with Gasteiger partial charge < -0.3 is 9.63 Å². The van der Waals surface area contributed by atoms with E-state index in [0.29, 0.717) is 11.6 Å². The molecule has 0 fully saturated rings. The minimum Gasteiger partial charge on any atom is -0.505 e. The first-order valence-electron chi connectivity index (χ1n) is 5.89. The van der Waals surface area contributed by atoms with Gasteiger partial charge in [-0.3, -0.25) is 4.98 Å². The van der Waals surface area contributed by atoms with Crippen LogP contribution in [0.3, 0.4) is 0 Å². The van der Waals surface area contributed by atoms with Gasteiger partial charge in [-0.25, -0.2) is 13.2 Å². The molecule has 2 aromatic heterocycles. The van der Waals surface area contributed by atoms with Crippen molar-refractivity contribution in [3.05, 3.63) is 53.9 Å². The lowest BCUT2D eigenvalue weighted by molar-refractivity contribution is 0.142. The van der Waals surface area contributed by atoms with E-state index in [4.69, 9.17) is 4.52 Å². The molecule has 0 saturated carbocycles. The van der Waals surface area contributed by atoms with Crippen molar-refractivity contribution in [1.29, 1.82) is 0 Å². The van der Waals surface area contributed by atoms with E-state index < -0.39 is 35.4 Å². The van der Waals surface area contributed by atoms with Gasteiger partial charge in [-0.1, -0.05) is 5.16 Å². The van der Waals surface area contributed by atoms with Crippen molar-refractivity contribution in [2.75, 3.05) is 0 Å². The first kappa shape index (κ1) is 13.3. The second kappa shape index (κ2) is 4.72. The normalized spacial score (nSPS) is 22.3. The summed E-state index contributed by atoms with van der Waals surface area (Å²) < 4.78 is 45.7. The van der Waals surface area contributed by atoms with Gasteiger partial charge in [0.05, 0.1) is 0 Å². The Morgan fingerprint density at radius 2 is 2.14 bits per heavy atom. The number of hydrogen-bond acceptors (Lipinski definition) is 5. The zero-order chi connectivity index (χ0) is 15.0. The zero-order valence-corrected chi connectivity index (χ0v) is 10.4. The van der Waals surface area contributed by atoms with Crippen LogP contribution in [0.25, 0.3) is 11.4 Å². The van der Waals surface area contributed by atoms with Crippen molar-refractivity contribution in [1.82, 2.24) is 15.1 Å². The fourth-order valence-corrected chi connectivity index (χ4v) is 1.92. The molecule has 1 aliphatic rings. The van der Waals surface area contributed by atoms with E-state index in [2.05, 4.69) is 15.1 Å². The molecule has 8 heteroatoms. The second-order valence-electron chi connectivity index (χ2n) is 4.45. The lowest BCUT2D eigenvalue weighted by Crippen LogP contribution is -2.22. The van der Waals surface area contributed by atoms with Crippen molar-refractivity contribution < 1.29 is 22.8 Å². The van der Waals surface area contributed by atoms with Crippen molar-refractivity contribution in [3.8, 4) is 11.4 Å². The summed E-state index contributed by atoms with van der Waals surface area (Å²) in [6.45, 7) is 0. The Morgan fingerprint density at radius 3 is 2.81 bits per heavy atom. The summed E-state index contributed by atoms with van der Waals surface area (Å²) in [5, 5.41) is 12.8. The van der Waals surface area contributed by atoms with E-state index >= 15 is 0 Å². The number of alkyl halides is 1. The SMILES string of the molecule is OC1=CC(F)(c2nc(-c3cccnc3)no2)CC(F)=C1F. The van der Waals surface area contributed by atoms with Crippen LogP contribution < -0.4 is 0 Å². The summed E-state index contributed by atoms with van der Waals surface area (Å²) in [7, 11) is 0. The first-order chi connectivity index (χ1) is 9.99. The molecule has 0 bridgehead atoms. The van der Waals surface area contributed by atoms with Gasteiger partial charge in [0, 0.05) is 30.5 Å². The lowest BCUT2D eigenvalue weighted by Gasteiger charge is -2.20. The Kier molecular flexibility index (Phi) is 3.00. The predicted molar refractivity (Wildman–Crippen MR) is 64.9 cm³/mol. The molecule has 0 radical (unpaired) electrons. The van der Waals surface area contributed by atoms with Crippen LogP contribution in [-0.4, -0.2) is 20.2 Å². The smallest absolute Gasteiger partial charge is 0.269 e. The number of rotatable bonds is 2. The molecular weight excluding hydrogens is 287 g/mol. The number of nitrogens with zero attached hydrogens (tertiary/aromatic N) is 3. The van der Waals surface area contributed by atoms with Crippen molar-refractivity contribution in [2.45, 2.75) is 12.1 Å². The number of aromatic nitrogens is 3. The molecular formula is C13H8F3N3O2. The predicted octanol–water partition coefficient (Wildman–Crippen LogP) is 3.29. The molecule has 0 spiro atoms. The molecule has 0 aliphatic heterocycles. The molecule has 1 atom stereocenters. The minimum absolute atomic E-state index is 0.0541. The van der Waals surface area contributed by atoms with Crippen LogP contribution in [0.4, 0.5) is 13.2 Å². The number of aliphatic hydroxyl groups excluding tert-OH is 1. The maximum Gasteiger partial charge on any atom is 0.269 e. The van der Waals surface area contributed by atoms with Crippen LogP contribution in [-0.2, 0) is 5.67 Å². The van der Waals surface area contributed by atoms with Gasteiger partial charge in [0.15, 0.2) is 11.6 Å². The highest BCUT2D eigenvalue weighted by Gasteiger charge is 2.43. The standard InChI is InChI=1S/C13H8F3N3O2/c14-8-4-13(16,5-9(20)10(8)15)12-18-11(19-21-12)7-2-1-3-17-6-7/h1-3,5-6,20H,4H2. The summed E-state index contributed by atoms with van der Waals surface area (Å²) in [5.41, 5.74) is -2.13. The average molecular weight is 295 g/mol. The Labute approximate surface area is 116 Å². The van der Waals surface area contributed by atoms with Crippen molar-refractivity contribution >= 4 is 0 Å². The molecule has 5 nitrogen and oxygen atoms in total. The lowest BCUT2D eigenvalue weighted by atomic mass is 9.95. The fourth-order valence-electron chi connectivity index (χ4n) is 1.92. The van der Waals surface area contributed by atoms with E-state index in [1.807, 2.05) is 0 Å². The molecule has 108 valence electrons. The zero-order valence-electron chi connectivity index (χ0n) is 10.4. The Balaban J connectivity index is 1.98. The van der Waals surface area contributed by atoms with Crippen molar-refractivity contribution in [3.63, 3.8) is 0 Å². The average Bonchev–Trinajstić information content (AvgIpc) is 2.96. The highest BCUT2D eigenvalue weighted by atomic mass is 19.2. The second-order valence-corrected chi connectivity index (χ2v) is 4.45. The van der Waals surface area contributed by atoms with Gasteiger partial charge in [0.1, 0.15) is 5.83 Å². The van der Waals surface area contributed by atoms with Gasteiger partial charge in [0.2, 0.25) is 11.5 Å². The minimum atomic E-state index is -2.60. The maximum atomic E-state index is 14.6. The number of hydrogen-bond donors (Lipinski definition) is 1.